The summed E-state index contributed by atoms with van der Waals surface area (Å²) in [5.74, 6) is 2.36. The fraction of sp³-hybridized carbons (Fsp3) is 0.481. The smallest absolute Gasteiger partial charge is 0.235 e. The quantitative estimate of drug-likeness (QED) is 0.367. The highest BCUT2D eigenvalue weighted by Crippen LogP contribution is 2.40. The van der Waals surface area contributed by atoms with E-state index in [1.165, 1.54) is 29.5 Å². The number of nitrogens with zero attached hydrogens (tertiary/aromatic N) is 4. The molecule has 2 aliphatic carbocycles. The van der Waals surface area contributed by atoms with Gasteiger partial charge in [0.15, 0.2) is 11.0 Å². The highest BCUT2D eigenvalue weighted by molar-refractivity contribution is 7.99. The Morgan fingerprint density at radius 3 is 2.75 bits per heavy atom. The van der Waals surface area contributed by atoms with E-state index in [-0.39, 0.29) is 11.7 Å². The largest absolute Gasteiger partial charge is 0.490 e. The SMILES string of the molecule is CCC1CCc2c(sc(NC(=O)CSc3nnc(-c4ccc(OC5CCCC5)cc4)n3C)c2C#N)C1. The number of hydrogen-bond acceptors (Lipinski definition) is 7. The molecule has 1 aromatic carbocycles. The van der Waals surface area contributed by atoms with Gasteiger partial charge in [-0.1, -0.05) is 25.1 Å². The number of fused-ring (bicyclic) bond motifs is 1. The van der Waals surface area contributed by atoms with Gasteiger partial charge in [-0.25, -0.2) is 0 Å². The van der Waals surface area contributed by atoms with Crippen molar-refractivity contribution in [1.29, 1.82) is 5.26 Å². The fourth-order valence-corrected chi connectivity index (χ4v) is 7.11. The molecule has 2 heterocycles. The van der Waals surface area contributed by atoms with Crippen molar-refractivity contribution in [2.75, 3.05) is 11.1 Å². The minimum absolute atomic E-state index is 0.139. The lowest BCUT2D eigenvalue weighted by molar-refractivity contribution is -0.113. The number of rotatable bonds is 8. The van der Waals surface area contributed by atoms with Gasteiger partial charge < -0.3 is 14.6 Å². The first-order chi connectivity index (χ1) is 17.6. The van der Waals surface area contributed by atoms with Crippen LogP contribution in [0.2, 0.25) is 0 Å². The van der Waals surface area contributed by atoms with Gasteiger partial charge in [-0.2, -0.15) is 5.26 Å². The predicted molar refractivity (Wildman–Crippen MR) is 144 cm³/mol. The molecule has 9 heteroatoms. The molecule has 0 radical (unpaired) electrons. The summed E-state index contributed by atoms with van der Waals surface area (Å²) in [5, 5.41) is 22.7. The van der Waals surface area contributed by atoms with E-state index in [1.54, 1.807) is 11.3 Å². The molecule has 1 fully saturated rings. The van der Waals surface area contributed by atoms with Crippen molar-refractivity contribution in [2.24, 2.45) is 13.0 Å². The van der Waals surface area contributed by atoms with E-state index in [0.717, 1.165) is 61.2 Å². The Hall–Kier alpha value is -2.83. The Morgan fingerprint density at radius 2 is 2.03 bits per heavy atom. The second-order valence-corrected chi connectivity index (χ2v) is 11.6. The number of nitrogens with one attached hydrogen (secondary N) is 1. The lowest BCUT2D eigenvalue weighted by Gasteiger charge is -2.20. The Balaban J connectivity index is 1.20. The van der Waals surface area contributed by atoms with Gasteiger partial charge in [0.25, 0.3) is 0 Å². The minimum Gasteiger partial charge on any atom is -0.490 e. The van der Waals surface area contributed by atoms with Crippen LogP contribution in [0, 0.1) is 17.2 Å². The van der Waals surface area contributed by atoms with Crippen LogP contribution in [0.15, 0.2) is 29.4 Å². The maximum absolute atomic E-state index is 12.7. The maximum atomic E-state index is 12.7. The number of thioether (sulfide) groups is 1. The maximum Gasteiger partial charge on any atom is 0.235 e. The Kier molecular flexibility index (Phi) is 7.63. The summed E-state index contributed by atoms with van der Waals surface area (Å²) in [4.78, 5) is 14.0. The fourth-order valence-electron chi connectivity index (χ4n) is 5.08. The summed E-state index contributed by atoms with van der Waals surface area (Å²) in [6, 6.07) is 10.3. The van der Waals surface area contributed by atoms with Crippen LogP contribution in [0.5, 0.6) is 5.75 Å². The van der Waals surface area contributed by atoms with Crippen LogP contribution < -0.4 is 10.1 Å². The van der Waals surface area contributed by atoms with Crippen LogP contribution >= 0.6 is 23.1 Å². The molecule has 0 aliphatic heterocycles. The monoisotopic (exact) mass is 521 g/mol. The lowest BCUT2D eigenvalue weighted by atomic mass is 9.86. The third-order valence-corrected chi connectivity index (χ3v) is 9.38. The van der Waals surface area contributed by atoms with Gasteiger partial charge in [-0.05, 0) is 80.7 Å². The summed E-state index contributed by atoms with van der Waals surface area (Å²) in [7, 11) is 1.91. The molecule has 1 atom stereocenters. The van der Waals surface area contributed by atoms with Gasteiger partial charge in [-0.3, -0.25) is 4.79 Å². The van der Waals surface area contributed by atoms with Crippen LogP contribution in [0.3, 0.4) is 0 Å². The van der Waals surface area contributed by atoms with E-state index < -0.39 is 0 Å². The molecule has 36 heavy (non-hydrogen) atoms. The van der Waals surface area contributed by atoms with Gasteiger partial charge in [0.2, 0.25) is 5.91 Å². The van der Waals surface area contributed by atoms with Crippen molar-refractivity contribution in [3.8, 4) is 23.2 Å². The van der Waals surface area contributed by atoms with Crippen molar-refractivity contribution in [3.63, 3.8) is 0 Å². The van der Waals surface area contributed by atoms with Crippen LogP contribution in [0.25, 0.3) is 11.4 Å². The number of carbonyl (C=O) groups excluding carboxylic acids is 1. The second-order valence-electron chi connectivity index (χ2n) is 9.59. The molecule has 7 nitrogen and oxygen atoms in total. The molecule has 5 rings (SSSR count). The van der Waals surface area contributed by atoms with Gasteiger partial charge in [-0.15, -0.1) is 21.5 Å². The molecule has 2 aliphatic rings. The summed E-state index contributed by atoms with van der Waals surface area (Å²) < 4.78 is 7.96. The number of benzene rings is 1. The Morgan fingerprint density at radius 1 is 1.25 bits per heavy atom. The molecule has 1 amide bonds. The van der Waals surface area contributed by atoms with Gasteiger partial charge >= 0.3 is 0 Å². The molecule has 0 spiro atoms. The van der Waals surface area contributed by atoms with Gasteiger partial charge in [0.05, 0.1) is 17.4 Å². The number of thiophene rings is 1. The van der Waals surface area contributed by atoms with Crippen molar-refractivity contribution in [2.45, 2.75) is 69.6 Å². The highest BCUT2D eigenvalue weighted by atomic mass is 32.2. The van der Waals surface area contributed by atoms with Crippen molar-refractivity contribution in [1.82, 2.24) is 14.8 Å². The van der Waals surface area contributed by atoms with Gasteiger partial charge in [0, 0.05) is 17.5 Å². The number of hydrogen-bond donors (Lipinski definition) is 1. The Bertz CT molecular complexity index is 1270. The molecule has 2 aromatic heterocycles. The first kappa shape index (κ1) is 24.8. The van der Waals surface area contributed by atoms with E-state index in [2.05, 4.69) is 28.5 Å². The van der Waals surface area contributed by atoms with E-state index >= 15 is 0 Å². The first-order valence-corrected chi connectivity index (χ1v) is 14.5. The van der Waals surface area contributed by atoms with Crippen LogP contribution in [0.4, 0.5) is 5.00 Å². The number of aromatic nitrogens is 3. The first-order valence-electron chi connectivity index (χ1n) is 12.7. The van der Waals surface area contributed by atoms with E-state index in [9.17, 15) is 10.1 Å². The van der Waals surface area contributed by atoms with Crippen molar-refractivity contribution in [3.05, 3.63) is 40.3 Å². The molecule has 188 valence electrons. The molecule has 1 saturated carbocycles. The van der Waals surface area contributed by atoms with E-state index in [4.69, 9.17) is 4.74 Å². The zero-order chi connectivity index (χ0) is 25.1. The summed E-state index contributed by atoms with van der Waals surface area (Å²) >= 11 is 2.90. The van der Waals surface area contributed by atoms with E-state index in [1.807, 2.05) is 35.9 Å². The molecule has 0 bridgehead atoms. The van der Waals surface area contributed by atoms with Crippen molar-refractivity contribution < 1.29 is 9.53 Å². The van der Waals surface area contributed by atoms with Crippen LogP contribution in [-0.4, -0.2) is 32.5 Å². The number of carbonyl (C=O) groups is 1. The van der Waals surface area contributed by atoms with Crippen LogP contribution in [0.1, 0.15) is 61.5 Å². The summed E-state index contributed by atoms with van der Waals surface area (Å²) in [6.45, 7) is 2.22. The lowest BCUT2D eigenvalue weighted by Crippen LogP contribution is -2.14. The molecular weight excluding hydrogens is 490 g/mol. The summed E-state index contributed by atoms with van der Waals surface area (Å²) in [5.41, 5.74) is 2.73. The highest BCUT2D eigenvalue weighted by Gasteiger charge is 2.26. The number of anilines is 1. The normalized spacial score (nSPS) is 17.5. The zero-order valence-electron chi connectivity index (χ0n) is 20.7. The zero-order valence-corrected chi connectivity index (χ0v) is 22.4. The average molecular weight is 522 g/mol. The predicted octanol–water partition coefficient (Wildman–Crippen LogP) is 5.98. The standard InChI is InChI=1S/C27H31N5O2S2/c1-3-17-8-13-21-22(15-28)26(36-23(21)14-17)29-24(33)16-35-27-31-30-25(32(27)2)18-9-11-20(12-10-18)34-19-6-4-5-7-19/h9-12,17,19H,3-8,13-14,16H2,1-2H3,(H,29,33). The molecule has 1 N–H and O–H groups in total. The summed E-state index contributed by atoms with van der Waals surface area (Å²) in [6.07, 6.45) is 9.27. The third kappa shape index (κ3) is 5.30. The molecular formula is C27H31N5O2S2. The second kappa shape index (κ2) is 11.1. The average Bonchev–Trinajstić information content (AvgIpc) is 3.61. The Labute approximate surface area is 220 Å². The topological polar surface area (TPSA) is 92.8 Å². The number of amides is 1. The van der Waals surface area contributed by atoms with Crippen molar-refractivity contribution >= 4 is 34.0 Å². The van der Waals surface area contributed by atoms with Crippen LogP contribution in [-0.2, 0) is 24.7 Å². The minimum atomic E-state index is -0.139. The van der Waals surface area contributed by atoms with Gasteiger partial charge in [0.1, 0.15) is 16.8 Å². The number of nitriles is 1. The number of ether oxygens (including phenoxy) is 1. The molecule has 3 aromatic rings. The molecule has 1 unspecified atom stereocenters. The molecule has 0 saturated heterocycles. The third-order valence-electron chi connectivity index (χ3n) is 7.19. The van der Waals surface area contributed by atoms with E-state index in [0.29, 0.717) is 27.7 Å².